The van der Waals surface area contributed by atoms with E-state index in [9.17, 15) is 4.79 Å². The van der Waals surface area contributed by atoms with Crippen LogP contribution in [0.15, 0.2) is 6.07 Å². The first-order valence-electron chi connectivity index (χ1n) is 7.37. The highest BCUT2D eigenvalue weighted by Gasteiger charge is 2.05. The molecule has 4 N–H and O–H groups in total. The quantitative estimate of drug-likeness (QED) is 0.535. The van der Waals surface area contributed by atoms with Gasteiger partial charge in [0.1, 0.15) is 18.2 Å². The molecule has 118 valence electrons. The fourth-order valence-corrected chi connectivity index (χ4v) is 1.67. The highest BCUT2D eigenvalue weighted by atomic mass is 16.5. The summed E-state index contributed by atoms with van der Waals surface area (Å²) >= 11 is 0. The van der Waals surface area contributed by atoms with E-state index >= 15 is 0 Å². The Morgan fingerprint density at radius 3 is 2.48 bits per heavy atom. The number of amides is 1. The third kappa shape index (κ3) is 7.45. The van der Waals surface area contributed by atoms with E-state index in [4.69, 9.17) is 10.5 Å². The lowest BCUT2D eigenvalue weighted by molar-refractivity contribution is -0.118. The third-order valence-corrected chi connectivity index (χ3v) is 2.67. The molecular weight excluding hydrogens is 270 g/mol. The van der Waals surface area contributed by atoms with Crippen LogP contribution in [0.4, 0.5) is 11.6 Å². The number of nitrogens with zero attached hydrogens (tertiary/aromatic N) is 2. The Morgan fingerprint density at radius 1 is 1.24 bits per heavy atom. The van der Waals surface area contributed by atoms with Gasteiger partial charge in [0.25, 0.3) is 0 Å². The minimum Gasteiger partial charge on any atom is -0.374 e. The van der Waals surface area contributed by atoms with Crippen molar-refractivity contribution >= 4 is 17.5 Å². The molecule has 0 radical (unpaired) electrons. The maximum absolute atomic E-state index is 10.7. The number of anilines is 2. The van der Waals surface area contributed by atoms with Crippen molar-refractivity contribution in [3.63, 3.8) is 0 Å². The van der Waals surface area contributed by atoms with Gasteiger partial charge in [-0.15, -0.1) is 0 Å². The fraction of sp³-hybridized carbons (Fsp3) is 0.643. The molecule has 0 aliphatic carbocycles. The van der Waals surface area contributed by atoms with Crippen LogP contribution in [0.2, 0.25) is 0 Å². The topological polar surface area (TPSA) is 102 Å². The van der Waals surface area contributed by atoms with Crippen LogP contribution in [-0.2, 0) is 16.1 Å². The molecule has 0 spiro atoms. The first-order valence-corrected chi connectivity index (χ1v) is 7.37. The van der Waals surface area contributed by atoms with E-state index in [0.29, 0.717) is 38.4 Å². The van der Waals surface area contributed by atoms with Crippen LogP contribution in [0.3, 0.4) is 0 Å². The van der Waals surface area contributed by atoms with Gasteiger partial charge in [0.2, 0.25) is 5.91 Å². The second-order valence-corrected chi connectivity index (χ2v) is 4.62. The normalized spacial score (nSPS) is 10.4. The van der Waals surface area contributed by atoms with Gasteiger partial charge >= 0.3 is 0 Å². The van der Waals surface area contributed by atoms with E-state index in [2.05, 4.69) is 27.5 Å². The molecule has 0 bridgehead atoms. The number of carbonyl (C=O) groups excluding carboxylic acids is 1. The molecule has 21 heavy (non-hydrogen) atoms. The van der Waals surface area contributed by atoms with Crippen LogP contribution in [0, 0.1) is 0 Å². The Hall–Kier alpha value is -1.89. The van der Waals surface area contributed by atoms with Gasteiger partial charge in [-0.05, 0) is 19.8 Å². The molecule has 7 nitrogen and oxygen atoms in total. The van der Waals surface area contributed by atoms with Crippen LogP contribution >= 0.6 is 0 Å². The summed E-state index contributed by atoms with van der Waals surface area (Å²) in [6, 6.07) is 1.86. The van der Waals surface area contributed by atoms with Gasteiger partial charge < -0.3 is 21.1 Å². The number of rotatable bonds is 11. The van der Waals surface area contributed by atoms with Gasteiger partial charge in [-0.3, -0.25) is 4.79 Å². The van der Waals surface area contributed by atoms with Crippen LogP contribution in [0.25, 0.3) is 0 Å². The largest absolute Gasteiger partial charge is 0.374 e. The molecule has 0 aliphatic heterocycles. The van der Waals surface area contributed by atoms with E-state index in [1.165, 1.54) is 0 Å². The molecular formula is C14H25N5O2. The molecule has 7 heteroatoms. The van der Waals surface area contributed by atoms with Gasteiger partial charge in [0, 0.05) is 32.2 Å². The van der Waals surface area contributed by atoms with E-state index < -0.39 is 0 Å². The number of primary amides is 1. The van der Waals surface area contributed by atoms with E-state index in [0.717, 1.165) is 24.6 Å². The lowest BCUT2D eigenvalue weighted by Gasteiger charge is -2.11. The van der Waals surface area contributed by atoms with Gasteiger partial charge in [-0.25, -0.2) is 9.97 Å². The summed E-state index contributed by atoms with van der Waals surface area (Å²) in [6.07, 6.45) is 2.06. The van der Waals surface area contributed by atoms with Gasteiger partial charge in [0.05, 0.1) is 0 Å². The van der Waals surface area contributed by atoms with Crippen LogP contribution in [0.1, 0.15) is 38.9 Å². The zero-order chi connectivity index (χ0) is 15.5. The van der Waals surface area contributed by atoms with Gasteiger partial charge in [-0.2, -0.15) is 0 Å². The molecule has 0 aromatic carbocycles. The van der Waals surface area contributed by atoms with E-state index in [1.54, 1.807) is 0 Å². The highest BCUT2D eigenvalue weighted by Crippen LogP contribution is 2.12. The fourth-order valence-electron chi connectivity index (χ4n) is 1.67. The SMILES string of the molecule is CCCNc1cc(NCCCC(N)=O)nc(COCC)n1. The molecule has 0 fully saturated rings. The summed E-state index contributed by atoms with van der Waals surface area (Å²) in [6.45, 7) is 6.53. The summed E-state index contributed by atoms with van der Waals surface area (Å²) in [7, 11) is 0. The molecule has 1 heterocycles. The van der Waals surface area contributed by atoms with Crippen molar-refractivity contribution in [1.82, 2.24) is 9.97 Å². The molecule has 1 aromatic rings. The first-order chi connectivity index (χ1) is 10.2. The van der Waals surface area contributed by atoms with Gasteiger partial charge in [-0.1, -0.05) is 6.92 Å². The summed E-state index contributed by atoms with van der Waals surface area (Å²) in [4.78, 5) is 19.5. The second-order valence-electron chi connectivity index (χ2n) is 4.62. The van der Waals surface area contributed by atoms with Crippen LogP contribution in [-0.4, -0.2) is 35.6 Å². The molecule has 0 saturated carbocycles. The van der Waals surface area contributed by atoms with Crippen molar-refractivity contribution in [3.05, 3.63) is 11.9 Å². The second kappa shape index (κ2) is 9.93. The number of ether oxygens (including phenoxy) is 1. The zero-order valence-corrected chi connectivity index (χ0v) is 12.8. The Labute approximate surface area is 125 Å². The van der Waals surface area contributed by atoms with E-state index in [-0.39, 0.29) is 5.91 Å². The summed E-state index contributed by atoms with van der Waals surface area (Å²) in [5.74, 6) is 1.85. The summed E-state index contributed by atoms with van der Waals surface area (Å²) in [5, 5.41) is 6.42. The monoisotopic (exact) mass is 295 g/mol. The van der Waals surface area contributed by atoms with E-state index in [1.807, 2.05) is 13.0 Å². The molecule has 0 atom stereocenters. The maximum atomic E-state index is 10.7. The number of carbonyl (C=O) groups is 1. The first kappa shape index (κ1) is 17.2. The number of hydrogen-bond acceptors (Lipinski definition) is 6. The molecule has 1 amide bonds. The predicted molar refractivity (Wildman–Crippen MR) is 83.1 cm³/mol. The average Bonchev–Trinajstić information content (AvgIpc) is 2.47. The van der Waals surface area contributed by atoms with Crippen molar-refractivity contribution in [3.8, 4) is 0 Å². The van der Waals surface area contributed by atoms with Gasteiger partial charge in [0.15, 0.2) is 5.82 Å². The summed E-state index contributed by atoms with van der Waals surface area (Å²) in [5.41, 5.74) is 5.11. The third-order valence-electron chi connectivity index (χ3n) is 2.67. The van der Waals surface area contributed by atoms with Crippen molar-refractivity contribution in [2.75, 3.05) is 30.3 Å². The summed E-state index contributed by atoms with van der Waals surface area (Å²) < 4.78 is 5.35. The van der Waals surface area contributed by atoms with Crippen molar-refractivity contribution < 1.29 is 9.53 Å². The number of hydrogen-bond donors (Lipinski definition) is 3. The Kier molecular flexibility index (Phi) is 8.11. The van der Waals surface area contributed by atoms with Crippen LogP contribution in [0.5, 0.6) is 0 Å². The molecule has 0 saturated heterocycles. The lowest BCUT2D eigenvalue weighted by atomic mass is 10.3. The standard InChI is InChI=1S/C14H25N5O2/c1-3-7-16-12-9-13(17-8-5-6-11(15)20)19-14(18-12)10-21-4-2/h9H,3-8,10H2,1-2H3,(H2,15,20)(H2,16,17,18,19). The molecule has 0 unspecified atom stereocenters. The Bertz CT molecular complexity index is 413. The Balaban J connectivity index is 2.63. The molecule has 1 aromatic heterocycles. The lowest BCUT2D eigenvalue weighted by Crippen LogP contribution is -2.14. The van der Waals surface area contributed by atoms with Crippen molar-refractivity contribution in [1.29, 1.82) is 0 Å². The molecule has 1 rings (SSSR count). The van der Waals surface area contributed by atoms with Crippen LogP contribution < -0.4 is 16.4 Å². The highest BCUT2D eigenvalue weighted by molar-refractivity contribution is 5.73. The minimum absolute atomic E-state index is 0.290. The number of aromatic nitrogens is 2. The smallest absolute Gasteiger partial charge is 0.217 e. The van der Waals surface area contributed by atoms with Crippen molar-refractivity contribution in [2.24, 2.45) is 5.73 Å². The maximum Gasteiger partial charge on any atom is 0.217 e. The number of nitrogens with one attached hydrogen (secondary N) is 2. The predicted octanol–water partition coefficient (Wildman–Crippen LogP) is 1.51. The minimum atomic E-state index is -0.290. The Morgan fingerprint density at radius 2 is 1.90 bits per heavy atom. The zero-order valence-electron chi connectivity index (χ0n) is 12.8. The molecule has 0 aliphatic rings. The van der Waals surface area contributed by atoms with Crippen molar-refractivity contribution in [2.45, 2.75) is 39.7 Å². The average molecular weight is 295 g/mol. The number of nitrogens with two attached hydrogens (primary N) is 1.